The molecule has 0 fully saturated rings. The van der Waals surface area contributed by atoms with Crippen molar-refractivity contribution in [2.24, 2.45) is 0 Å². The highest BCUT2D eigenvalue weighted by Gasteiger charge is 2.13. The molecule has 0 bridgehead atoms. The van der Waals surface area contributed by atoms with E-state index in [0.29, 0.717) is 10.0 Å². The Morgan fingerprint density at radius 1 is 1.23 bits per heavy atom. The van der Waals surface area contributed by atoms with Gasteiger partial charge in [-0.25, -0.2) is 0 Å². The van der Waals surface area contributed by atoms with Crippen LogP contribution in [0.4, 0.5) is 0 Å². The molecule has 0 unspecified atom stereocenters. The van der Waals surface area contributed by atoms with Gasteiger partial charge in [0.25, 0.3) is 0 Å². The number of halogens is 4. The molecule has 1 aromatic carbocycles. The Balaban J connectivity index is 2.99. The second kappa shape index (κ2) is 3.42. The van der Waals surface area contributed by atoms with Gasteiger partial charge in [0.2, 0.25) is 0 Å². The van der Waals surface area contributed by atoms with Gasteiger partial charge < -0.3 is 0 Å². The molecule has 0 radical (unpaired) electrons. The molecule has 0 aliphatic heterocycles. The highest BCUT2D eigenvalue weighted by molar-refractivity contribution is 9.11. The normalized spacial score (nSPS) is 11.1. The van der Waals surface area contributed by atoms with Gasteiger partial charge in [0.1, 0.15) is 10.1 Å². The van der Waals surface area contributed by atoms with Gasteiger partial charge >= 0.3 is 0 Å². The Labute approximate surface area is 101 Å². The molecule has 0 atom stereocenters. The molecule has 13 heavy (non-hydrogen) atoms. The van der Waals surface area contributed by atoms with Gasteiger partial charge in [0, 0.05) is 0 Å². The summed E-state index contributed by atoms with van der Waals surface area (Å²) in [5, 5.41) is 8.79. The predicted octanol–water partition coefficient (Wildman–Crippen LogP) is 4.39. The largest absolute Gasteiger partial charge is 0.270 e. The standard InChI is InChI=1S/C7H2Br2Cl2N2/c8-5-3(11)1-2(10)4-6(5)12-13-7(4)9/h1H,(H,12,13). The molecule has 0 saturated carbocycles. The summed E-state index contributed by atoms with van der Waals surface area (Å²) in [4.78, 5) is 0. The fourth-order valence-electron chi connectivity index (χ4n) is 1.06. The summed E-state index contributed by atoms with van der Waals surface area (Å²) in [6.45, 7) is 0. The second-order valence-electron chi connectivity index (χ2n) is 2.42. The summed E-state index contributed by atoms with van der Waals surface area (Å²) in [7, 11) is 0. The average Bonchev–Trinajstić information content (AvgIpc) is 2.44. The summed E-state index contributed by atoms with van der Waals surface area (Å²) in [5.74, 6) is 0. The quantitative estimate of drug-likeness (QED) is 0.705. The van der Waals surface area contributed by atoms with Crippen molar-refractivity contribution in [2.45, 2.75) is 0 Å². The first-order chi connectivity index (χ1) is 6.11. The third kappa shape index (κ3) is 1.50. The van der Waals surface area contributed by atoms with Crippen LogP contribution in [0.25, 0.3) is 10.9 Å². The van der Waals surface area contributed by atoms with Crippen molar-refractivity contribution in [1.29, 1.82) is 0 Å². The molecule has 1 aromatic heterocycles. The van der Waals surface area contributed by atoms with E-state index in [2.05, 4.69) is 42.1 Å². The van der Waals surface area contributed by atoms with Crippen LogP contribution in [0.2, 0.25) is 10.0 Å². The first kappa shape index (κ1) is 9.77. The van der Waals surface area contributed by atoms with Crippen molar-refractivity contribution >= 4 is 66.0 Å². The molecule has 0 spiro atoms. The zero-order valence-electron chi connectivity index (χ0n) is 6.04. The summed E-state index contributed by atoms with van der Waals surface area (Å²) >= 11 is 18.5. The molecule has 0 amide bonds. The summed E-state index contributed by atoms with van der Waals surface area (Å²) < 4.78 is 1.50. The first-order valence-corrected chi connectivity index (χ1v) is 5.62. The summed E-state index contributed by atoms with van der Waals surface area (Å²) in [6.07, 6.45) is 0. The molecule has 0 aliphatic rings. The van der Waals surface area contributed by atoms with Crippen molar-refractivity contribution in [2.75, 3.05) is 0 Å². The van der Waals surface area contributed by atoms with Crippen molar-refractivity contribution in [3.8, 4) is 0 Å². The molecule has 2 rings (SSSR count). The van der Waals surface area contributed by atoms with Crippen molar-refractivity contribution in [1.82, 2.24) is 10.2 Å². The van der Waals surface area contributed by atoms with Crippen LogP contribution in [0.15, 0.2) is 15.1 Å². The van der Waals surface area contributed by atoms with E-state index in [1.807, 2.05) is 0 Å². The number of H-pyrrole nitrogens is 1. The lowest BCUT2D eigenvalue weighted by Gasteiger charge is -1.98. The minimum Gasteiger partial charge on any atom is -0.270 e. The maximum atomic E-state index is 5.99. The molecule has 68 valence electrons. The topological polar surface area (TPSA) is 28.7 Å². The van der Waals surface area contributed by atoms with Gasteiger partial charge in [-0.05, 0) is 37.9 Å². The first-order valence-electron chi connectivity index (χ1n) is 3.28. The fourth-order valence-corrected chi connectivity index (χ4v) is 2.61. The van der Waals surface area contributed by atoms with E-state index in [9.17, 15) is 0 Å². The van der Waals surface area contributed by atoms with Crippen LogP contribution in [0.3, 0.4) is 0 Å². The highest BCUT2D eigenvalue weighted by atomic mass is 79.9. The molecule has 0 aliphatic carbocycles. The summed E-state index contributed by atoms with van der Waals surface area (Å²) in [5.41, 5.74) is 0.726. The number of benzene rings is 1. The van der Waals surface area contributed by atoms with Crippen LogP contribution >= 0.6 is 55.1 Å². The number of hydrogen-bond acceptors (Lipinski definition) is 1. The van der Waals surface area contributed by atoms with E-state index in [4.69, 9.17) is 23.2 Å². The van der Waals surface area contributed by atoms with E-state index in [1.54, 1.807) is 6.07 Å². The lowest BCUT2D eigenvalue weighted by Crippen LogP contribution is -1.75. The SMILES string of the molecule is Clc1cc(Cl)c2c(Br)[nH]nc2c1Br. The van der Waals surface area contributed by atoms with Gasteiger partial charge in [-0.15, -0.1) is 0 Å². The third-order valence-electron chi connectivity index (χ3n) is 1.63. The van der Waals surface area contributed by atoms with Crippen LogP contribution < -0.4 is 0 Å². The van der Waals surface area contributed by atoms with Gasteiger partial charge in [-0.2, -0.15) is 5.10 Å². The monoisotopic (exact) mass is 342 g/mol. The Hall–Kier alpha value is 0.230. The van der Waals surface area contributed by atoms with Gasteiger partial charge in [-0.1, -0.05) is 23.2 Å². The van der Waals surface area contributed by atoms with Crippen LogP contribution in [-0.2, 0) is 0 Å². The average molecular weight is 345 g/mol. The van der Waals surface area contributed by atoms with E-state index < -0.39 is 0 Å². The highest BCUT2D eigenvalue weighted by Crippen LogP contribution is 2.37. The van der Waals surface area contributed by atoms with Crippen molar-refractivity contribution in [3.05, 3.63) is 25.2 Å². The zero-order valence-corrected chi connectivity index (χ0v) is 10.7. The van der Waals surface area contributed by atoms with E-state index in [1.165, 1.54) is 0 Å². The lowest BCUT2D eigenvalue weighted by atomic mass is 10.2. The number of nitrogens with one attached hydrogen (secondary N) is 1. The van der Waals surface area contributed by atoms with E-state index in [0.717, 1.165) is 20.0 Å². The maximum absolute atomic E-state index is 5.99. The minimum absolute atomic E-state index is 0.552. The number of hydrogen-bond donors (Lipinski definition) is 1. The number of rotatable bonds is 0. The number of fused-ring (bicyclic) bond motifs is 1. The zero-order chi connectivity index (χ0) is 9.59. The molecule has 1 N–H and O–H groups in total. The Morgan fingerprint density at radius 3 is 2.62 bits per heavy atom. The fraction of sp³-hybridized carbons (Fsp3) is 0. The van der Waals surface area contributed by atoms with Gasteiger partial charge in [-0.3, -0.25) is 5.10 Å². The Morgan fingerprint density at radius 2 is 1.92 bits per heavy atom. The van der Waals surface area contributed by atoms with E-state index >= 15 is 0 Å². The van der Waals surface area contributed by atoms with Gasteiger partial charge in [0.05, 0.1) is 19.9 Å². The smallest absolute Gasteiger partial charge is 0.110 e. The second-order valence-corrected chi connectivity index (χ2v) is 4.82. The molecule has 6 heteroatoms. The van der Waals surface area contributed by atoms with E-state index in [-0.39, 0.29) is 0 Å². The number of aromatic amines is 1. The number of nitrogens with zero attached hydrogens (tertiary/aromatic N) is 1. The van der Waals surface area contributed by atoms with Crippen molar-refractivity contribution in [3.63, 3.8) is 0 Å². The Bertz CT molecular complexity index is 481. The molecule has 2 nitrogen and oxygen atoms in total. The summed E-state index contributed by atoms with van der Waals surface area (Å²) in [6, 6.07) is 1.68. The van der Waals surface area contributed by atoms with Gasteiger partial charge in [0.15, 0.2) is 0 Å². The number of aromatic nitrogens is 2. The third-order valence-corrected chi connectivity index (χ3v) is 3.83. The molecule has 0 saturated heterocycles. The maximum Gasteiger partial charge on any atom is 0.110 e. The molecule has 1 heterocycles. The van der Waals surface area contributed by atoms with Crippen LogP contribution in [-0.4, -0.2) is 10.2 Å². The minimum atomic E-state index is 0.552. The molecular formula is C7H2Br2Cl2N2. The van der Waals surface area contributed by atoms with Crippen LogP contribution in [0.5, 0.6) is 0 Å². The molecule has 2 aromatic rings. The molecular weight excluding hydrogens is 343 g/mol. The Kier molecular flexibility index (Phi) is 2.57. The van der Waals surface area contributed by atoms with Crippen LogP contribution in [0.1, 0.15) is 0 Å². The van der Waals surface area contributed by atoms with Crippen molar-refractivity contribution < 1.29 is 0 Å². The van der Waals surface area contributed by atoms with Crippen LogP contribution in [0, 0.1) is 0 Å². The lowest BCUT2D eigenvalue weighted by molar-refractivity contribution is 1.09. The predicted molar refractivity (Wildman–Crippen MR) is 61.5 cm³/mol.